The number of amides is 2. The molecule has 3 aromatic rings. The molecule has 3 N–H and O–H groups in total. The number of nitrogens with two attached hydrogens (primary N) is 1. The second-order valence-corrected chi connectivity index (χ2v) is 13.0. The predicted octanol–water partition coefficient (Wildman–Crippen LogP) is 5.92. The van der Waals surface area contributed by atoms with E-state index in [-0.39, 0.29) is 24.4 Å². The molecular weight excluding hydrogens is 550 g/mol. The molecule has 2 unspecified atom stereocenters. The van der Waals surface area contributed by atoms with Crippen LogP contribution in [0.5, 0.6) is 11.5 Å². The molecule has 43 heavy (non-hydrogen) atoms. The number of benzene rings is 2. The molecule has 2 saturated heterocycles. The molecule has 5 rings (SSSR count). The van der Waals surface area contributed by atoms with Crippen molar-refractivity contribution < 1.29 is 28.5 Å². The minimum Gasteiger partial charge on any atom is -0.488 e. The minimum absolute atomic E-state index is 0.0157. The van der Waals surface area contributed by atoms with Crippen LogP contribution in [-0.2, 0) is 9.47 Å². The summed E-state index contributed by atoms with van der Waals surface area (Å²) in [4.78, 5) is 27.5. The average molecular weight is 596 g/mol. The zero-order chi connectivity index (χ0) is 31.4. The number of anilines is 1. The van der Waals surface area contributed by atoms with Crippen molar-refractivity contribution in [3.63, 3.8) is 0 Å². The summed E-state index contributed by atoms with van der Waals surface area (Å²) in [5.74, 6) is 1.58. The van der Waals surface area contributed by atoms with Gasteiger partial charge in [0.15, 0.2) is 0 Å². The first kappa shape index (κ1) is 31.8. The molecule has 0 aliphatic carbocycles. The van der Waals surface area contributed by atoms with Gasteiger partial charge in [-0.1, -0.05) is 12.1 Å². The topological polar surface area (TPSA) is 132 Å². The van der Waals surface area contributed by atoms with E-state index >= 15 is 0 Å². The molecule has 11 heteroatoms. The molecule has 2 fully saturated rings. The summed E-state index contributed by atoms with van der Waals surface area (Å²) in [7, 11) is 0. The number of nitrogens with one attached hydrogen (secondary N) is 1. The summed E-state index contributed by atoms with van der Waals surface area (Å²) in [6.07, 6.45) is 2.76. The maximum atomic E-state index is 12.1. The van der Waals surface area contributed by atoms with Gasteiger partial charge in [-0.05, 0) is 72.7 Å². The Morgan fingerprint density at radius 1 is 0.837 bits per heavy atom. The van der Waals surface area contributed by atoms with Crippen LogP contribution in [0.3, 0.4) is 0 Å². The number of rotatable bonds is 4. The molecule has 2 aliphatic rings. The maximum Gasteiger partial charge on any atom is 0.410 e. The zero-order valence-electron chi connectivity index (χ0n) is 26.3. The highest BCUT2D eigenvalue weighted by molar-refractivity contribution is 5.84. The Bertz CT molecular complexity index is 1410. The molecule has 11 nitrogen and oxygen atoms in total. The van der Waals surface area contributed by atoms with Gasteiger partial charge in [0.05, 0.1) is 30.2 Å². The van der Waals surface area contributed by atoms with Crippen molar-refractivity contribution in [1.82, 2.24) is 20.0 Å². The Kier molecular flexibility index (Phi) is 9.62. The van der Waals surface area contributed by atoms with Crippen molar-refractivity contribution in [3.05, 3.63) is 48.2 Å². The Labute approximate surface area is 253 Å². The lowest BCUT2D eigenvalue weighted by Crippen LogP contribution is -2.36. The fourth-order valence-electron chi connectivity index (χ4n) is 4.80. The highest BCUT2D eigenvalue weighted by Crippen LogP contribution is 2.28. The number of carbonyl (C=O) groups excluding carboxylic acids is 2. The third kappa shape index (κ3) is 8.92. The first-order valence-electron chi connectivity index (χ1n) is 14.7. The lowest BCUT2D eigenvalue weighted by molar-refractivity contribution is 0.0266. The van der Waals surface area contributed by atoms with Crippen LogP contribution in [0.4, 0.5) is 15.3 Å². The van der Waals surface area contributed by atoms with Gasteiger partial charge < -0.3 is 34.5 Å². The van der Waals surface area contributed by atoms with Crippen LogP contribution in [0.1, 0.15) is 59.9 Å². The van der Waals surface area contributed by atoms with Gasteiger partial charge in [0.2, 0.25) is 0 Å². The largest absolute Gasteiger partial charge is 0.488 e. The van der Waals surface area contributed by atoms with E-state index in [2.05, 4.69) is 10.2 Å². The van der Waals surface area contributed by atoms with Crippen LogP contribution in [0.25, 0.3) is 10.9 Å². The van der Waals surface area contributed by atoms with E-state index in [1.807, 2.05) is 84.9 Å². The Morgan fingerprint density at radius 2 is 1.35 bits per heavy atom. The fourth-order valence-corrected chi connectivity index (χ4v) is 4.80. The predicted molar refractivity (Wildman–Crippen MR) is 165 cm³/mol. The molecule has 2 amide bonds. The van der Waals surface area contributed by atoms with E-state index in [0.29, 0.717) is 26.2 Å². The van der Waals surface area contributed by atoms with E-state index in [4.69, 9.17) is 24.7 Å². The molecule has 0 bridgehead atoms. The molecule has 2 atom stereocenters. The Hall–Kier alpha value is -4.15. The number of hydrogen-bond donors (Lipinski definition) is 2. The van der Waals surface area contributed by atoms with Crippen molar-refractivity contribution in [2.75, 3.05) is 31.9 Å². The summed E-state index contributed by atoms with van der Waals surface area (Å²) in [6.45, 7) is 15.5. The van der Waals surface area contributed by atoms with Crippen molar-refractivity contribution in [2.24, 2.45) is 0 Å². The normalized spacial score (nSPS) is 18.7. The highest BCUT2D eigenvalue weighted by atomic mass is 16.6. The number of nitrogen functional groups attached to an aromatic ring is 1. The standard InChI is InChI=1S/C16H21N3O3.C16H24N2O3/c1-16(2,3)22-15(20)19-8-7-11(10-19)21-14-6-4-5-13-12(14)9-17-18-13;1-11-13(17)6-5-7-14(11)20-12-8-9-18(10-12)15(19)21-16(2,3)4/h4-6,9,11H,7-8,10H2,1-3H3,(H,17,18);5-7,12H,8-10,17H2,1-4H3. The lowest BCUT2D eigenvalue weighted by atomic mass is 10.2. The van der Waals surface area contributed by atoms with Gasteiger partial charge in [0.25, 0.3) is 0 Å². The number of aromatic nitrogens is 2. The van der Waals surface area contributed by atoms with Gasteiger partial charge in [0, 0.05) is 37.2 Å². The van der Waals surface area contributed by atoms with Crippen LogP contribution in [0, 0.1) is 6.92 Å². The van der Waals surface area contributed by atoms with Crippen molar-refractivity contribution in [1.29, 1.82) is 0 Å². The number of hydrogen-bond acceptors (Lipinski definition) is 8. The Balaban J connectivity index is 0.000000197. The molecule has 2 aromatic carbocycles. The van der Waals surface area contributed by atoms with E-state index in [0.717, 1.165) is 46.5 Å². The minimum atomic E-state index is -0.474. The van der Waals surface area contributed by atoms with Gasteiger partial charge in [0.1, 0.15) is 34.9 Å². The number of H-pyrrole nitrogens is 1. The van der Waals surface area contributed by atoms with Gasteiger partial charge in [-0.25, -0.2) is 9.59 Å². The molecule has 1 aromatic heterocycles. The number of ether oxygens (including phenoxy) is 4. The lowest BCUT2D eigenvalue weighted by Gasteiger charge is -2.24. The monoisotopic (exact) mass is 595 g/mol. The number of aromatic amines is 1. The average Bonchev–Trinajstić information content (AvgIpc) is 3.67. The van der Waals surface area contributed by atoms with Crippen LogP contribution in [0.2, 0.25) is 0 Å². The Morgan fingerprint density at radius 3 is 1.91 bits per heavy atom. The van der Waals surface area contributed by atoms with Crippen LogP contribution >= 0.6 is 0 Å². The maximum absolute atomic E-state index is 12.1. The van der Waals surface area contributed by atoms with E-state index in [9.17, 15) is 9.59 Å². The molecular formula is C32H45N5O6. The first-order chi connectivity index (χ1) is 20.2. The van der Waals surface area contributed by atoms with E-state index < -0.39 is 11.2 Å². The molecule has 0 spiro atoms. The number of carbonyl (C=O) groups is 2. The summed E-state index contributed by atoms with van der Waals surface area (Å²) in [5, 5.41) is 7.91. The SMILES string of the molecule is CC(C)(C)OC(=O)N1CCC(Oc2cccc3[nH]ncc23)C1.Cc1c(N)cccc1OC1CCN(C(=O)OC(C)(C)C)C1. The molecule has 2 aliphatic heterocycles. The quantitative estimate of drug-likeness (QED) is 0.356. The van der Waals surface area contributed by atoms with E-state index in [1.54, 1.807) is 16.0 Å². The highest BCUT2D eigenvalue weighted by Gasteiger charge is 2.32. The summed E-state index contributed by atoms with van der Waals surface area (Å²) < 4.78 is 22.8. The van der Waals surface area contributed by atoms with Crippen molar-refractivity contribution >= 4 is 28.8 Å². The van der Waals surface area contributed by atoms with Crippen molar-refractivity contribution in [3.8, 4) is 11.5 Å². The number of nitrogens with zero attached hydrogens (tertiary/aromatic N) is 3. The van der Waals surface area contributed by atoms with Gasteiger partial charge in [-0.15, -0.1) is 0 Å². The van der Waals surface area contributed by atoms with Crippen molar-refractivity contribution in [2.45, 2.75) is 84.7 Å². The number of likely N-dealkylation sites (tertiary alicyclic amines) is 2. The number of fused-ring (bicyclic) bond motifs is 1. The zero-order valence-corrected chi connectivity index (χ0v) is 26.3. The third-order valence-electron chi connectivity index (χ3n) is 6.95. The van der Waals surface area contributed by atoms with E-state index in [1.165, 1.54) is 0 Å². The third-order valence-corrected chi connectivity index (χ3v) is 6.95. The second-order valence-electron chi connectivity index (χ2n) is 13.0. The summed E-state index contributed by atoms with van der Waals surface area (Å²) >= 11 is 0. The fraction of sp³-hybridized carbons (Fsp3) is 0.531. The van der Waals surface area contributed by atoms with Gasteiger partial charge >= 0.3 is 12.2 Å². The summed E-state index contributed by atoms with van der Waals surface area (Å²) in [6, 6.07) is 11.4. The molecule has 0 radical (unpaired) electrons. The second kappa shape index (κ2) is 13.0. The van der Waals surface area contributed by atoms with Crippen LogP contribution in [-0.4, -0.2) is 81.8 Å². The van der Waals surface area contributed by atoms with Gasteiger partial charge in [-0.2, -0.15) is 5.10 Å². The molecule has 0 saturated carbocycles. The smallest absolute Gasteiger partial charge is 0.410 e. The van der Waals surface area contributed by atoms with Crippen LogP contribution in [0.15, 0.2) is 42.6 Å². The van der Waals surface area contributed by atoms with Gasteiger partial charge in [-0.3, -0.25) is 5.10 Å². The van der Waals surface area contributed by atoms with Crippen LogP contribution < -0.4 is 15.2 Å². The molecule has 234 valence electrons. The first-order valence-corrected chi connectivity index (χ1v) is 14.7. The summed E-state index contributed by atoms with van der Waals surface area (Å²) in [5.41, 5.74) is 7.53. The molecule has 3 heterocycles.